The van der Waals surface area contributed by atoms with Gasteiger partial charge in [-0.05, 0) is 43.8 Å². The maximum absolute atomic E-state index is 13.0. The first-order chi connectivity index (χ1) is 9.88. The molecule has 2 rings (SSSR count). The van der Waals surface area contributed by atoms with Gasteiger partial charge in [-0.15, -0.1) is 0 Å². The maximum atomic E-state index is 13.0. The van der Waals surface area contributed by atoms with E-state index in [-0.39, 0.29) is 5.69 Å². The summed E-state index contributed by atoms with van der Waals surface area (Å²) in [5.74, 6) is -1.51. The number of allylic oxidation sites excluding steroid dienone is 1. The number of carbonyl (C=O) groups is 3. The summed E-state index contributed by atoms with van der Waals surface area (Å²) >= 11 is 0.818. The molecular weight excluding hydrogens is 295 g/mol. The first kappa shape index (κ1) is 15.2. The fourth-order valence-corrected chi connectivity index (χ4v) is 2.59. The Morgan fingerprint density at radius 3 is 2.62 bits per heavy atom. The lowest BCUT2D eigenvalue weighted by molar-refractivity contribution is -0.127. The average molecular weight is 308 g/mol. The van der Waals surface area contributed by atoms with Gasteiger partial charge in [0.15, 0.2) is 0 Å². The molecule has 0 aliphatic carbocycles. The zero-order valence-corrected chi connectivity index (χ0v) is 12.3. The molecule has 0 bridgehead atoms. The summed E-state index contributed by atoms with van der Waals surface area (Å²) in [6.07, 6.45) is 0. The van der Waals surface area contributed by atoms with Crippen molar-refractivity contribution in [1.29, 1.82) is 0 Å². The van der Waals surface area contributed by atoms with Gasteiger partial charge in [0, 0.05) is 5.69 Å². The van der Waals surface area contributed by atoms with E-state index in [1.165, 1.54) is 18.2 Å². The molecule has 5 nitrogen and oxygen atoms in total. The number of benzene rings is 1. The molecule has 1 saturated heterocycles. The summed E-state index contributed by atoms with van der Waals surface area (Å²) in [6, 6.07) is 5.38. The molecule has 0 radical (unpaired) electrons. The summed E-state index contributed by atoms with van der Waals surface area (Å²) in [5, 5.41) is 1.96. The molecule has 3 amide bonds. The molecule has 7 heteroatoms. The van der Waals surface area contributed by atoms with E-state index in [0.29, 0.717) is 4.91 Å². The SMILES string of the molecule is CC(C)=C1SC(=O)N(CC(=O)Nc2cccc(F)c2)C1=O. The molecular formula is C14H13FN2O3S. The van der Waals surface area contributed by atoms with Crippen LogP contribution in [0.25, 0.3) is 0 Å². The molecule has 1 aliphatic heterocycles. The van der Waals surface area contributed by atoms with Gasteiger partial charge in [-0.2, -0.15) is 0 Å². The number of hydrogen-bond acceptors (Lipinski definition) is 4. The standard InChI is InChI=1S/C14H13FN2O3S/c1-8(2)12-13(19)17(14(20)21-12)7-11(18)16-10-5-3-4-9(15)6-10/h3-6H,7H2,1-2H3,(H,16,18). The number of rotatable bonds is 3. The van der Waals surface area contributed by atoms with Gasteiger partial charge in [-0.1, -0.05) is 11.6 Å². The van der Waals surface area contributed by atoms with Gasteiger partial charge in [-0.3, -0.25) is 19.3 Å². The van der Waals surface area contributed by atoms with Crippen LogP contribution in [0.3, 0.4) is 0 Å². The number of halogens is 1. The highest BCUT2D eigenvalue weighted by molar-refractivity contribution is 8.18. The van der Waals surface area contributed by atoms with Crippen LogP contribution < -0.4 is 5.32 Å². The number of hydrogen-bond donors (Lipinski definition) is 1. The summed E-state index contributed by atoms with van der Waals surface area (Å²) in [5.41, 5.74) is 1.00. The van der Waals surface area contributed by atoms with Gasteiger partial charge in [0.1, 0.15) is 12.4 Å². The summed E-state index contributed by atoms with van der Waals surface area (Å²) in [7, 11) is 0. The van der Waals surface area contributed by atoms with Crippen molar-refractivity contribution in [1.82, 2.24) is 4.90 Å². The van der Waals surface area contributed by atoms with Gasteiger partial charge in [-0.25, -0.2) is 4.39 Å². The highest BCUT2D eigenvalue weighted by Crippen LogP contribution is 2.32. The van der Waals surface area contributed by atoms with E-state index < -0.39 is 29.4 Å². The number of nitrogens with zero attached hydrogens (tertiary/aromatic N) is 1. The Morgan fingerprint density at radius 2 is 2.05 bits per heavy atom. The van der Waals surface area contributed by atoms with Crippen LogP contribution in [0.2, 0.25) is 0 Å². The highest BCUT2D eigenvalue weighted by atomic mass is 32.2. The molecule has 0 aromatic heterocycles. The Bertz CT molecular complexity index is 653. The van der Waals surface area contributed by atoms with E-state index in [4.69, 9.17) is 0 Å². The number of amides is 3. The molecule has 0 spiro atoms. The van der Waals surface area contributed by atoms with E-state index in [1.54, 1.807) is 13.8 Å². The minimum atomic E-state index is -0.557. The molecule has 0 atom stereocenters. The molecule has 1 N–H and O–H groups in total. The third kappa shape index (κ3) is 3.49. The lowest BCUT2D eigenvalue weighted by Gasteiger charge is -2.12. The number of thioether (sulfide) groups is 1. The highest BCUT2D eigenvalue weighted by Gasteiger charge is 2.36. The molecule has 1 aromatic rings. The van der Waals surface area contributed by atoms with Crippen LogP contribution in [0.15, 0.2) is 34.7 Å². The van der Waals surface area contributed by atoms with E-state index in [0.717, 1.165) is 28.3 Å². The van der Waals surface area contributed by atoms with Crippen molar-refractivity contribution in [3.05, 3.63) is 40.6 Å². The third-order valence-corrected chi connectivity index (χ3v) is 3.90. The normalized spacial score (nSPS) is 14.6. The van der Waals surface area contributed by atoms with Crippen LogP contribution in [-0.2, 0) is 9.59 Å². The summed E-state index contributed by atoms with van der Waals surface area (Å²) in [4.78, 5) is 36.8. The zero-order valence-electron chi connectivity index (χ0n) is 11.5. The Hall–Kier alpha value is -2.15. The van der Waals surface area contributed by atoms with Crippen LogP contribution in [0.4, 0.5) is 14.9 Å². The van der Waals surface area contributed by atoms with Gasteiger partial charge < -0.3 is 5.32 Å². The van der Waals surface area contributed by atoms with E-state index in [9.17, 15) is 18.8 Å². The molecule has 1 heterocycles. The number of imide groups is 1. The Labute approximate surface area is 125 Å². The van der Waals surface area contributed by atoms with Crippen molar-refractivity contribution in [2.45, 2.75) is 13.8 Å². The summed E-state index contributed by atoms with van der Waals surface area (Å²) in [6.45, 7) is 3.06. The fraction of sp³-hybridized carbons (Fsp3) is 0.214. The predicted molar refractivity (Wildman–Crippen MR) is 78.1 cm³/mol. The Kier molecular flexibility index (Phi) is 4.42. The molecule has 1 aliphatic rings. The molecule has 21 heavy (non-hydrogen) atoms. The minimum absolute atomic E-state index is 0.272. The number of anilines is 1. The Morgan fingerprint density at radius 1 is 1.33 bits per heavy atom. The van der Waals surface area contributed by atoms with Crippen LogP contribution in [0.1, 0.15) is 13.8 Å². The topological polar surface area (TPSA) is 66.5 Å². The van der Waals surface area contributed by atoms with E-state index in [2.05, 4.69) is 5.32 Å². The van der Waals surface area contributed by atoms with Crippen LogP contribution in [0, 0.1) is 5.82 Å². The lowest BCUT2D eigenvalue weighted by Crippen LogP contribution is -2.36. The number of nitrogens with one attached hydrogen (secondary N) is 1. The molecule has 1 fully saturated rings. The van der Waals surface area contributed by atoms with Gasteiger partial charge in [0.05, 0.1) is 4.91 Å². The van der Waals surface area contributed by atoms with E-state index in [1.807, 2.05) is 0 Å². The number of carbonyl (C=O) groups excluding carboxylic acids is 3. The van der Waals surface area contributed by atoms with Gasteiger partial charge in [0.25, 0.3) is 11.1 Å². The molecule has 1 aromatic carbocycles. The Balaban J connectivity index is 2.05. The van der Waals surface area contributed by atoms with Crippen molar-refractivity contribution >= 4 is 34.5 Å². The summed E-state index contributed by atoms with van der Waals surface area (Å²) < 4.78 is 13.0. The average Bonchev–Trinajstić information content (AvgIpc) is 2.67. The second kappa shape index (κ2) is 6.09. The van der Waals surface area contributed by atoms with Crippen molar-refractivity contribution < 1.29 is 18.8 Å². The minimum Gasteiger partial charge on any atom is -0.324 e. The molecule has 110 valence electrons. The first-order valence-electron chi connectivity index (χ1n) is 6.15. The zero-order chi connectivity index (χ0) is 15.6. The first-order valence-corrected chi connectivity index (χ1v) is 6.96. The van der Waals surface area contributed by atoms with Gasteiger partial charge in [0.2, 0.25) is 5.91 Å². The second-order valence-electron chi connectivity index (χ2n) is 4.65. The smallest absolute Gasteiger partial charge is 0.294 e. The lowest BCUT2D eigenvalue weighted by atomic mass is 10.3. The van der Waals surface area contributed by atoms with Crippen molar-refractivity contribution in [2.24, 2.45) is 0 Å². The quantitative estimate of drug-likeness (QED) is 0.872. The predicted octanol–water partition coefficient (Wildman–Crippen LogP) is 2.75. The molecule has 0 unspecified atom stereocenters. The van der Waals surface area contributed by atoms with Crippen LogP contribution in [-0.4, -0.2) is 28.5 Å². The van der Waals surface area contributed by atoms with Crippen LogP contribution in [0.5, 0.6) is 0 Å². The fourth-order valence-electron chi connectivity index (χ4n) is 1.75. The van der Waals surface area contributed by atoms with Crippen molar-refractivity contribution in [3.63, 3.8) is 0 Å². The third-order valence-electron chi connectivity index (χ3n) is 2.71. The largest absolute Gasteiger partial charge is 0.324 e. The monoisotopic (exact) mass is 308 g/mol. The van der Waals surface area contributed by atoms with Crippen LogP contribution >= 0.6 is 11.8 Å². The second-order valence-corrected chi connectivity index (χ2v) is 5.61. The van der Waals surface area contributed by atoms with E-state index >= 15 is 0 Å². The molecule has 0 saturated carbocycles. The van der Waals surface area contributed by atoms with Gasteiger partial charge >= 0.3 is 0 Å². The van der Waals surface area contributed by atoms with Crippen molar-refractivity contribution in [2.75, 3.05) is 11.9 Å². The maximum Gasteiger partial charge on any atom is 0.294 e. The van der Waals surface area contributed by atoms with Crippen molar-refractivity contribution in [3.8, 4) is 0 Å².